The molecule has 2 amide bonds. The highest BCUT2D eigenvalue weighted by Crippen LogP contribution is 2.24. The van der Waals surface area contributed by atoms with E-state index in [9.17, 15) is 9.59 Å². The Labute approximate surface area is 149 Å². The summed E-state index contributed by atoms with van der Waals surface area (Å²) in [5.41, 5.74) is 1.84. The molecule has 0 spiro atoms. The minimum Gasteiger partial charge on any atom is -0.354 e. The van der Waals surface area contributed by atoms with Crippen LogP contribution in [0.3, 0.4) is 0 Å². The van der Waals surface area contributed by atoms with Gasteiger partial charge in [-0.2, -0.15) is 0 Å². The lowest BCUT2D eigenvalue weighted by molar-refractivity contribution is -0.141. The monoisotopic (exact) mass is 338 g/mol. The minimum absolute atomic E-state index is 0.0376. The second-order valence-corrected chi connectivity index (χ2v) is 5.97. The SMILES string of the molecule is CCCNC(=O)[C@H](c1ccccc1)N(Cc1ccccc1)C(=O)CC. The summed E-state index contributed by atoms with van der Waals surface area (Å²) in [6.07, 6.45) is 1.21. The van der Waals surface area contributed by atoms with Gasteiger partial charge in [0.1, 0.15) is 6.04 Å². The molecule has 0 aromatic heterocycles. The molecular weight excluding hydrogens is 312 g/mol. The van der Waals surface area contributed by atoms with Crippen molar-refractivity contribution >= 4 is 11.8 Å². The molecule has 0 unspecified atom stereocenters. The standard InChI is InChI=1S/C21H26N2O2/c1-3-15-22-21(25)20(18-13-9-6-10-14-18)23(19(24)4-2)16-17-11-7-5-8-12-17/h5-14,20H,3-4,15-16H2,1-2H3,(H,22,25)/t20-/m0/s1. The van der Waals surface area contributed by atoms with Gasteiger partial charge in [-0.25, -0.2) is 0 Å². The third-order valence-electron chi connectivity index (χ3n) is 4.04. The summed E-state index contributed by atoms with van der Waals surface area (Å²) in [6.45, 7) is 4.84. The predicted octanol–water partition coefficient (Wildman–Crippen LogP) is 3.69. The van der Waals surface area contributed by atoms with Crippen molar-refractivity contribution in [3.05, 3.63) is 71.8 Å². The van der Waals surface area contributed by atoms with Gasteiger partial charge in [-0.05, 0) is 17.5 Å². The number of nitrogens with one attached hydrogen (secondary N) is 1. The van der Waals surface area contributed by atoms with Crippen LogP contribution < -0.4 is 5.32 Å². The number of benzene rings is 2. The third-order valence-corrected chi connectivity index (χ3v) is 4.04. The van der Waals surface area contributed by atoms with Gasteiger partial charge in [0.05, 0.1) is 0 Å². The average Bonchev–Trinajstić information content (AvgIpc) is 2.67. The number of hydrogen-bond acceptors (Lipinski definition) is 2. The summed E-state index contributed by atoms with van der Waals surface area (Å²) in [4.78, 5) is 27.2. The molecule has 0 aliphatic carbocycles. The van der Waals surface area contributed by atoms with E-state index in [1.54, 1.807) is 4.90 Å². The van der Waals surface area contributed by atoms with Gasteiger partial charge in [0.15, 0.2) is 0 Å². The second-order valence-electron chi connectivity index (χ2n) is 5.97. The molecule has 0 aliphatic rings. The first-order valence-corrected chi connectivity index (χ1v) is 8.83. The van der Waals surface area contributed by atoms with Crippen molar-refractivity contribution < 1.29 is 9.59 Å². The van der Waals surface area contributed by atoms with Crippen LogP contribution in [0, 0.1) is 0 Å². The zero-order valence-corrected chi connectivity index (χ0v) is 14.9. The number of amides is 2. The van der Waals surface area contributed by atoms with Crippen molar-refractivity contribution in [1.29, 1.82) is 0 Å². The molecule has 0 radical (unpaired) electrons. The summed E-state index contributed by atoms with van der Waals surface area (Å²) in [5, 5.41) is 2.94. The van der Waals surface area contributed by atoms with Crippen molar-refractivity contribution in [2.75, 3.05) is 6.54 Å². The number of carbonyl (C=O) groups excluding carboxylic acids is 2. The highest BCUT2D eigenvalue weighted by Gasteiger charge is 2.30. The van der Waals surface area contributed by atoms with Crippen LogP contribution in [0.5, 0.6) is 0 Å². The van der Waals surface area contributed by atoms with Crippen LogP contribution in [-0.4, -0.2) is 23.3 Å². The van der Waals surface area contributed by atoms with E-state index < -0.39 is 6.04 Å². The van der Waals surface area contributed by atoms with E-state index in [-0.39, 0.29) is 11.8 Å². The molecule has 4 nitrogen and oxygen atoms in total. The lowest BCUT2D eigenvalue weighted by Gasteiger charge is -2.31. The molecule has 2 aromatic carbocycles. The third kappa shape index (κ3) is 5.18. The number of rotatable bonds is 8. The van der Waals surface area contributed by atoms with Crippen molar-refractivity contribution in [3.63, 3.8) is 0 Å². The summed E-state index contributed by atoms with van der Waals surface area (Å²) < 4.78 is 0. The molecule has 1 N–H and O–H groups in total. The molecule has 4 heteroatoms. The Kier molecular flexibility index (Phi) is 7.20. The van der Waals surface area contributed by atoms with E-state index in [0.29, 0.717) is 19.5 Å². The van der Waals surface area contributed by atoms with Crippen molar-refractivity contribution in [2.45, 2.75) is 39.3 Å². The molecule has 2 aromatic rings. The van der Waals surface area contributed by atoms with Gasteiger partial charge in [-0.1, -0.05) is 74.5 Å². The molecule has 0 bridgehead atoms. The lowest BCUT2D eigenvalue weighted by atomic mass is 10.0. The van der Waals surface area contributed by atoms with E-state index in [1.807, 2.05) is 74.5 Å². The van der Waals surface area contributed by atoms with Crippen LogP contribution in [0.15, 0.2) is 60.7 Å². The molecule has 0 heterocycles. The minimum atomic E-state index is -0.625. The molecule has 2 rings (SSSR count). The van der Waals surface area contributed by atoms with E-state index in [4.69, 9.17) is 0 Å². The topological polar surface area (TPSA) is 49.4 Å². The zero-order chi connectivity index (χ0) is 18.1. The second kappa shape index (κ2) is 9.62. The van der Waals surface area contributed by atoms with Gasteiger partial charge in [0.25, 0.3) is 0 Å². The Morgan fingerprint density at radius 3 is 2.12 bits per heavy atom. The van der Waals surface area contributed by atoms with Gasteiger partial charge in [-0.3, -0.25) is 9.59 Å². The average molecular weight is 338 g/mol. The van der Waals surface area contributed by atoms with Gasteiger partial charge in [0.2, 0.25) is 11.8 Å². The summed E-state index contributed by atoms with van der Waals surface area (Å²) in [7, 11) is 0. The van der Waals surface area contributed by atoms with Gasteiger partial charge >= 0.3 is 0 Å². The quantitative estimate of drug-likeness (QED) is 0.798. The largest absolute Gasteiger partial charge is 0.354 e. The number of carbonyl (C=O) groups is 2. The summed E-state index contributed by atoms with van der Waals surface area (Å²) >= 11 is 0. The molecule has 1 atom stereocenters. The fraction of sp³-hybridized carbons (Fsp3) is 0.333. The van der Waals surface area contributed by atoms with E-state index >= 15 is 0 Å². The highest BCUT2D eigenvalue weighted by molar-refractivity contribution is 5.88. The van der Waals surface area contributed by atoms with Crippen molar-refractivity contribution in [3.8, 4) is 0 Å². The predicted molar refractivity (Wildman–Crippen MR) is 99.8 cm³/mol. The Morgan fingerprint density at radius 1 is 0.960 bits per heavy atom. The highest BCUT2D eigenvalue weighted by atomic mass is 16.2. The Hall–Kier alpha value is -2.62. The normalized spacial score (nSPS) is 11.6. The van der Waals surface area contributed by atoms with Crippen LogP contribution in [0.4, 0.5) is 0 Å². The van der Waals surface area contributed by atoms with E-state index in [0.717, 1.165) is 17.5 Å². The van der Waals surface area contributed by atoms with Crippen LogP contribution in [0.1, 0.15) is 43.9 Å². The first-order valence-electron chi connectivity index (χ1n) is 8.83. The summed E-state index contributed by atoms with van der Waals surface area (Å²) in [6, 6.07) is 18.7. The first-order chi connectivity index (χ1) is 12.2. The number of hydrogen-bond donors (Lipinski definition) is 1. The van der Waals surface area contributed by atoms with Gasteiger partial charge in [-0.15, -0.1) is 0 Å². The van der Waals surface area contributed by atoms with Crippen LogP contribution >= 0.6 is 0 Å². The fourth-order valence-electron chi connectivity index (χ4n) is 2.76. The van der Waals surface area contributed by atoms with Crippen LogP contribution in [-0.2, 0) is 16.1 Å². The molecule has 25 heavy (non-hydrogen) atoms. The van der Waals surface area contributed by atoms with Crippen molar-refractivity contribution in [1.82, 2.24) is 10.2 Å². The van der Waals surface area contributed by atoms with Gasteiger partial charge < -0.3 is 10.2 Å². The van der Waals surface area contributed by atoms with Crippen molar-refractivity contribution in [2.24, 2.45) is 0 Å². The Balaban J connectivity index is 2.37. The van der Waals surface area contributed by atoms with E-state index in [1.165, 1.54) is 0 Å². The maximum atomic E-state index is 12.8. The van der Waals surface area contributed by atoms with Crippen LogP contribution in [0.2, 0.25) is 0 Å². The maximum Gasteiger partial charge on any atom is 0.247 e. The molecule has 0 saturated heterocycles. The molecule has 0 saturated carbocycles. The Morgan fingerprint density at radius 2 is 1.56 bits per heavy atom. The summed E-state index contributed by atoms with van der Waals surface area (Å²) in [5.74, 6) is -0.171. The van der Waals surface area contributed by atoms with Gasteiger partial charge in [0, 0.05) is 19.5 Å². The smallest absolute Gasteiger partial charge is 0.247 e. The molecule has 132 valence electrons. The Bertz CT molecular complexity index is 671. The lowest BCUT2D eigenvalue weighted by Crippen LogP contribution is -2.43. The first kappa shape index (κ1) is 18.7. The molecule has 0 aliphatic heterocycles. The van der Waals surface area contributed by atoms with E-state index in [2.05, 4.69) is 5.32 Å². The maximum absolute atomic E-state index is 12.8. The molecular formula is C21H26N2O2. The van der Waals surface area contributed by atoms with Crippen LogP contribution in [0.25, 0.3) is 0 Å². The fourth-order valence-corrected chi connectivity index (χ4v) is 2.76. The molecule has 0 fully saturated rings. The zero-order valence-electron chi connectivity index (χ0n) is 14.9. The number of nitrogens with zero attached hydrogens (tertiary/aromatic N) is 1.